The first-order valence-electron chi connectivity index (χ1n) is 5.82. The summed E-state index contributed by atoms with van der Waals surface area (Å²) in [6.07, 6.45) is 0.0314. The van der Waals surface area contributed by atoms with E-state index in [0.29, 0.717) is 17.2 Å². The number of methoxy groups -OCH3 is 2. The average Bonchev–Trinajstić information content (AvgIpc) is 2.80. The van der Waals surface area contributed by atoms with Crippen LogP contribution in [0.5, 0.6) is 11.5 Å². The minimum atomic E-state index is -0.948. The Hall–Kier alpha value is -2.24. The van der Waals surface area contributed by atoms with Gasteiger partial charge in [0.1, 0.15) is 0 Å². The number of carbonyl (C=O) groups excluding carboxylic acids is 1. The number of hydrogen-bond acceptors (Lipinski definition) is 4. The van der Waals surface area contributed by atoms with Crippen molar-refractivity contribution in [2.75, 3.05) is 25.7 Å². The summed E-state index contributed by atoms with van der Waals surface area (Å²) >= 11 is 0. The number of aliphatic carboxylic acids is 1. The topological polar surface area (TPSA) is 76.1 Å². The SMILES string of the molecule is COc1ccc(N2C[C@H](C(=O)O)CC2=O)cc1OC. The molecule has 2 rings (SSSR count). The maximum Gasteiger partial charge on any atom is 0.308 e. The van der Waals surface area contributed by atoms with E-state index < -0.39 is 11.9 Å². The molecule has 102 valence electrons. The number of ether oxygens (including phenoxy) is 2. The lowest BCUT2D eigenvalue weighted by molar-refractivity contribution is -0.141. The van der Waals surface area contributed by atoms with E-state index in [-0.39, 0.29) is 18.9 Å². The highest BCUT2D eigenvalue weighted by Crippen LogP contribution is 2.34. The smallest absolute Gasteiger partial charge is 0.308 e. The molecular weight excluding hydrogens is 250 g/mol. The highest BCUT2D eigenvalue weighted by atomic mass is 16.5. The molecule has 1 heterocycles. The van der Waals surface area contributed by atoms with Gasteiger partial charge in [0.25, 0.3) is 0 Å². The highest BCUT2D eigenvalue weighted by Gasteiger charge is 2.35. The molecule has 0 saturated carbocycles. The molecule has 6 heteroatoms. The molecule has 1 fully saturated rings. The Kier molecular flexibility index (Phi) is 3.59. The number of carboxylic acids is 1. The minimum Gasteiger partial charge on any atom is -0.493 e. The normalized spacial score (nSPS) is 18.5. The second-order valence-corrected chi connectivity index (χ2v) is 4.28. The Balaban J connectivity index is 2.27. The van der Waals surface area contributed by atoms with Crippen LogP contribution < -0.4 is 14.4 Å². The third-order valence-corrected chi connectivity index (χ3v) is 3.15. The number of amides is 1. The second kappa shape index (κ2) is 5.17. The third-order valence-electron chi connectivity index (χ3n) is 3.15. The second-order valence-electron chi connectivity index (χ2n) is 4.28. The molecule has 1 aliphatic rings. The van der Waals surface area contributed by atoms with E-state index in [9.17, 15) is 9.59 Å². The standard InChI is InChI=1S/C13H15NO5/c1-18-10-4-3-9(6-11(10)19-2)14-7-8(13(16)17)5-12(14)15/h3-4,6,8H,5,7H2,1-2H3,(H,16,17)/t8-/m1/s1. The zero-order valence-corrected chi connectivity index (χ0v) is 10.8. The van der Waals surface area contributed by atoms with Crippen LogP contribution in [0.2, 0.25) is 0 Å². The number of carbonyl (C=O) groups is 2. The predicted octanol–water partition coefficient (Wildman–Crippen LogP) is 1.14. The Morgan fingerprint density at radius 1 is 1.32 bits per heavy atom. The van der Waals surface area contributed by atoms with Crippen molar-refractivity contribution in [3.05, 3.63) is 18.2 Å². The summed E-state index contributed by atoms with van der Waals surface area (Å²) in [6.45, 7) is 0.184. The van der Waals surface area contributed by atoms with Crippen molar-refractivity contribution in [2.24, 2.45) is 5.92 Å². The molecule has 1 N–H and O–H groups in total. The molecule has 0 unspecified atom stereocenters. The lowest BCUT2D eigenvalue weighted by Gasteiger charge is -2.18. The van der Waals surface area contributed by atoms with Crippen LogP contribution in [0.4, 0.5) is 5.69 Å². The summed E-state index contributed by atoms with van der Waals surface area (Å²) in [5.41, 5.74) is 0.617. The van der Waals surface area contributed by atoms with E-state index in [0.717, 1.165) is 0 Å². The van der Waals surface area contributed by atoms with E-state index >= 15 is 0 Å². The summed E-state index contributed by atoms with van der Waals surface area (Å²) in [4.78, 5) is 24.2. The Bertz CT molecular complexity index is 514. The fourth-order valence-electron chi connectivity index (χ4n) is 2.12. The quantitative estimate of drug-likeness (QED) is 0.883. The zero-order chi connectivity index (χ0) is 14.0. The first-order valence-corrected chi connectivity index (χ1v) is 5.82. The fourth-order valence-corrected chi connectivity index (χ4v) is 2.12. The molecule has 0 aliphatic carbocycles. The lowest BCUT2D eigenvalue weighted by Crippen LogP contribution is -2.25. The predicted molar refractivity (Wildman–Crippen MR) is 67.6 cm³/mol. The van der Waals surface area contributed by atoms with Crippen LogP contribution in [-0.4, -0.2) is 37.7 Å². The average molecular weight is 265 g/mol. The van der Waals surface area contributed by atoms with Crippen molar-refractivity contribution in [3.63, 3.8) is 0 Å². The first kappa shape index (κ1) is 13.2. The van der Waals surface area contributed by atoms with E-state index in [4.69, 9.17) is 14.6 Å². The molecule has 1 aromatic rings. The van der Waals surface area contributed by atoms with Crippen molar-refractivity contribution in [2.45, 2.75) is 6.42 Å². The van der Waals surface area contributed by atoms with E-state index in [1.807, 2.05) is 0 Å². The van der Waals surface area contributed by atoms with Gasteiger partial charge in [-0.15, -0.1) is 0 Å². The van der Waals surface area contributed by atoms with Gasteiger partial charge >= 0.3 is 5.97 Å². The highest BCUT2D eigenvalue weighted by molar-refractivity contribution is 5.99. The van der Waals surface area contributed by atoms with Crippen LogP contribution in [0.1, 0.15) is 6.42 Å². The zero-order valence-electron chi connectivity index (χ0n) is 10.8. The molecule has 0 bridgehead atoms. The number of anilines is 1. The maximum atomic E-state index is 11.8. The molecule has 1 atom stereocenters. The third kappa shape index (κ3) is 2.47. The monoisotopic (exact) mass is 265 g/mol. The van der Waals surface area contributed by atoms with Gasteiger partial charge in [-0.25, -0.2) is 0 Å². The van der Waals surface area contributed by atoms with E-state index in [2.05, 4.69) is 0 Å². The van der Waals surface area contributed by atoms with Crippen molar-refractivity contribution in [1.29, 1.82) is 0 Å². The number of carboxylic acid groups (broad SMARTS) is 1. The number of nitrogens with zero attached hydrogens (tertiary/aromatic N) is 1. The summed E-state index contributed by atoms with van der Waals surface area (Å²) in [5, 5.41) is 8.96. The molecule has 1 saturated heterocycles. The number of rotatable bonds is 4. The fraction of sp³-hybridized carbons (Fsp3) is 0.385. The molecule has 1 aliphatic heterocycles. The maximum absolute atomic E-state index is 11.8. The van der Waals surface area contributed by atoms with Crippen molar-refractivity contribution in [3.8, 4) is 11.5 Å². The van der Waals surface area contributed by atoms with Gasteiger partial charge in [-0.3, -0.25) is 9.59 Å². The molecule has 0 radical (unpaired) electrons. The minimum absolute atomic E-state index is 0.0314. The van der Waals surface area contributed by atoms with Crippen LogP contribution >= 0.6 is 0 Å². The van der Waals surface area contributed by atoms with Crippen LogP contribution in [0, 0.1) is 5.92 Å². The summed E-state index contributed by atoms with van der Waals surface area (Å²) in [7, 11) is 3.03. The van der Waals surface area contributed by atoms with Gasteiger partial charge < -0.3 is 19.5 Å². The Morgan fingerprint density at radius 2 is 2.00 bits per heavy atom. The molecule has 1 aromatic carbocycles. The van der Waals surface area contributed by atoms with Gasteiger partial charge in [0.2, 0.25) is 5.91 Å². The van der Waals surface area contributed by atoms with Crippen LogP contribution in [0.25, 0.3) is 0 Å². The first-order chi connectivity index (χ1) is 9.06. The van der Waals surface area contributed by atoms with Crippen molar-refractivity contribution in [1.82, 2.24) is 0 Å². The summed E-state index contributed by atoms with van der Waals surface area (Å²) < 4.78 is 10.3. The van der Waals surface area contributed by atoms with Gasteiger partial charge in [-0.05, 0) is 12.1 Å². The van der Waals surface area contributed by atoms with Gasteiger partial charge in [-0.1, -0.05) is 0 Å². The largest absolute Gasteiger partial charge is 0.493 e. The Labute approximate surface area is 110 Å². The Morgan fingerprint density at radius 3 is 2.53 bits per heavy atom. The molecular formula is C13H15NO5. The van der Waals surface area contributed by atoms with Crippen LogP contribution in [0.15, 0.2) is 18.2 Å². The van der Waals surface area contributed by atoms with Crippen molar-refractivity contribution >= 4 is 17.6 Å². The number of hydrogen-bond donors (Lipinski definition) is 1. The van der Waals surface area contributed by atoms with E-state index in [1.165, 1.54) is 19.1 Å². The van der Waals surface area contributed by atoms with Gasteiger partial charge in [0, 0.05) is 24.7 Å². The molecule has 1 amide bonds. The molecule has 0 aromatic heterocycles. The summed E-state index contributed by atoms with van der Waals surface area (Å²) in [6, 6.07) is 5.07. The van der Waals surface area contributed by atoms with Gasteiger partial charge in [0.05, 0.1) is 20.1 Å². The number of benzene rings is 1. The van der Waals surface area contributed by atoms with Crippen LogP contribution in [-0.2, 0) is 9.59 Å². The molecule has 6 nitrogen and oxygen atoms in total. The molecule has 19 heavy (non-hydrogen) atoms. The molecule has 0 spiro atoms. The van der Waals surface area contributed by atoms with Crippen LogP contribution in [0.3, 0.4) is 0 Å². The summed E-state index contributed by atoms with van der Waals surface area (Å²) in [5.74, 6) is -0.726. The van der Waals surface area contributed by atoms with E-state index in [1.54, 1.807) is 18.2 Å². The van der Waals surface area contributed by atoms with Gasteiger partial charge in [-0.2, -0.15) is 0 Å². The van der Waals surface area contributed by atoms with Gasteiger partial charge in [0.15, 0.2) is 11.5 Å². The van der Waals surface area contributed by atoms with Crippen molar-refractivity contribution < 1.29 is 24.2 Å². The lowest BCUT2D eigenvalue weighted by atomic mass is 10.1.